The first-order valence-corrected chi connectivity index (χ1v) is 5.28. The molecule has 0 aliphatic carbocycles. The van der Waals surface area contributed by atoms with E-state index in [9.17, 15) is 0 Å². The first-order valence-electron chi connectivity index (χ1n) is 5.28. The lowest BCUT2D eigenvalue weighted by Crippen LogP contribution is -2.22. The molecule has 1 N–H and O–H groups in total. The number of aryl methyl sites for hydroxylation is 1. The fraction of sp³-hybridized carbons (Fsp3) is 0.889. The van der Waals surface area contributed by atoms with Crippen molar-refractivity contribution in [2.75, 3.05) is 13.1 Å². The summed E-state index contributed by atoms with van der Waals surface area (Å²) in [7, 11) is 1.81. The summed E-state index contributed by atoms with van der Waals surface area (Å²) < 4.78 is 0. The number of nitrogens with zero attached hydrogens (tertiary/aromatic N) is 4. The Morgan fingerprint density at radius 1 is 1.50 bits per heavy atom. The van der Waals surface area contributed by atoms with E-state index in [1.54, 1.807) is 0 Å². The molecule has 1 atom stereocenters. The summed E-state index contributed by atoms with van der Waals surface area (Å²) >= 11 is 0. The summed E-state index contributed by atoms with van der Waals surface area (Å²) in [6.45, 7) is 2.25. The predicted octanol–water partition coefficient (Wildman–Crippen LogP) is 0.142. The number of hydrogen-bond donors (Lipinski definition) is 1. The molecular formula is C9H17N5. The maximum Gasteiger partial charge on any atom is 0.175 e. The van der Waals surface area contributed by atoms with E-state index in [0.29, 0.717) is 5.92 Å². The third-order valence-electron chi connectivity index (χ3n) is 2.67. The van der Waals surface area contributed by atoms with Gasteiger partial charge in [0, 0.05) is 6.42 Å². The molecule has 0 amide bonds. The minimum absolute atomic E-state index is 0.682. The molecule has 78 valence electrons. The van der Waals surface area contributed by atoms with Gasteiger partial charge in [0.15, 0.2) is 5.82 Å². The van der Waals surface area contributed by atoms with Crippen molar-refractivity contribution in [3.8, 4) is 0 Å². The molecule has 1 fully saturated rings. The number of nitrogens with one attached hydrogen (secondary N) is 1. The Balaban J connectivity index is 1.89. The average Bonchev–Trinajstić information content (AvgIpc) is 2.43. The molecule has 14 heavy (non-hydrogen) atoms. The van der Waals surface area contributed by atoms with Crippen LogP contribution in [0.5, 0.6) is 0 Å². The molecule has 0 bridgehead atoms. The minimum atomic E-state index is 0.682. The molecule has 2 rings (SSSR count). The lowest BCUT2D eigenvalue weighted by Gasteiger charge is -2.10. The predicted molar refractivity (Wildman–Crippen MR) is 52.7 cm³/mol. The fourth-order valence-corrected chi connectivity index (χ4v) is 1.93. The Bertz CT molecular complexity index is 274. The molecule has 0 aromatic carbocycles. The van der Waals surface area contributed by atoms with Gasteiger partial charge >= 0.3 is 0 Å². The Hall–Kier alpha value is -0.970. The summed E-state index contributed by atoms with van der Waals surface area (Å²) in [5.74, 6) is 1.56. The molecule has 1 unspecified atom stereocenters. The van der Waals surface area contributed by atoms with Crippen LogP contribution in [0.3, 0.4) is 0 Å². The highest BCUT2D eigenvalue weighted by molar-refractivity contribution is 4.82. The van der Waals surface area contributed by atoms with Gasteiger partial charge in [0.1, 0.15) is 0 Å². The zero-order valence-corrected chi connectivity index (χ0v) is 8.61. The van der Waals surface area contributed by atoms with E-state index < -0.39 is 0 Å². The van der Waals surface area contributed by atoms with Crippen LogP contribution >= 0.6 is 0 Å². The van der Waals surface area contributed by atoms with Crippen molar-refractivity contribution in [3.63, 3.8) is 0 Å². The normalized spacial score (nSPS) is 23.4. The molecule has 0 spiro atoms. The minimum Gasteiger partial charge on any atom is -0.316 e. The molecule has 1 aromatic heterocycles. The van der Waals surface area contributed by atoms with Crippen molar-refractivity contribution < 1.29 is 0 Å². The molecule has 1 aliphatic heterocycles. The second kappa shape index (κ2) is 4.50. The first-order chi connectivity index (χ1) is 6.84. The third-order valence-corrected chi connectivity index (χ3v) is 2.67. The molecule has 5 nitrogen and oxygen atoms in total. The monoisotopic (exact) mass is 195 g/mol. The Morgan fingerprint density at radius 2 is 2.43 bits per heavy atom. The SMILES string of the molecule is Cn1nnc(CC2CCCCNC2)n1. The van der Waals surface area contributed by atoms with Crippen molar-refractivity contribution in [1.82, 2.24) is 25.5 Å². The number of aromatic nitrogens is 4. The van der Waals surface area contributed by atoms with E-state index >= 15 is 0 Å². The van der Waals surface area contributed by atoms with E-state index in [-0.39, 0.29) is 0 Å². The maximum absolute atomic E-state index is 4.20. The highest BCUT2D eigenvalue weighted by Crippen LogP contribution is 2.14. The highest BCUT2D eigenvalue weighted by Gasteiger charge is 2.14. The van der Waals surface area contributed by atoms with Gasteiger partial charge in [-0.25, -0.2) is 0 Å². The molecular weight excluding hydrogens is 178 g/mol. The number of rotatable bonds is 2. The van der Waals surface area contributed by atoms with Crippen molar-refractivity contribution in [2.45, 2.75) is 25.7 Å². The summed E-state index contributed by atoms with van der Waals surface area (Å²) in [6.07, 6.45) is 4.86. The van der Waals surface area contributed by atoms with E-state index in [2.05, 4.69) is 20.7 Å². The van der Waals surface area contributed by atoms with Crippen LogP contribution in [0.25, 0.3) is 0 Å². The molecule has 1 aromatic rings. The fourth-order valence-electron chi connectivity index (χ4n) is 1.93. The van der Waals surface area contributed by atoms with Crippen LogP contribution in [0, 0.1) is 5.92 Å². The van der Waals surface area contributed by atoms with Crippen molar-refractivity contribution in [2.24, 2.45) is 13.0 Å². The zero-order chi connectivity index (χ0) is 9.80. The smallest absolute Gasteiger partial charge is 0.175 e. The molecule has 5 heteroatoms. The maximum atomic E-state index is 4.20. The van der Waals surface area contributed by atoms with Gasteiger partial charge in [0.2, 0.25) is 0 Å². The largest absolute Gasteiger partial charge is 0.316 e. The van der Waals surface area contributed by atoms with Gasteiger partial charge < -0.3 is 5.32 Å². The standard InChI is InChI=1S/C9H17N5/c1-14-12-9(11-13-14)6-8-4-2-3-5-10-7-8/h8,10H,2-7H2,1H3. The second-order valence-corrected chi connectivity index (χ2v) is 3.97. The van der Waals surface area contributed by atoms with Crippen LogP contribution in [0.15, 0.2) is 0 Å². The molecule has 0 saturated carbocycles. The van der Waals surface area contributed by atoms with Crippen molar-refractivity contribution in [3.05, 3.63) is 5.82 Å². The van der Waals surface area contributed by atoms with Crippen molar-refractivity contribution >= 4 is 0 Å². The van der Waals surface area contributed by atoms with E-state index in [0.717, 1.165) is 25.3 Å². The third kappa shape index (κ3) is 2.51. The van der Waals surface area contributed by atoms with Crippen LogP contribution < -0.4 is 5.32 Å². The summed E-state index contributed by atoms with van der Waals surface area (Å²) in [5.41, 5.74) is 0. The zero-order valence-electron chi connectivity index (χ0n) is 8.61. The molecule has 0 radical (unpaired) electrons. The average molecular weight is 195 g/mol. The molecule has 1 aliphatic rings. The van der Waals surface area contributed by atoms with Crippen LogP contribution in [0.1, 0.15) is 25.1 Å². The number of hydrogen-bond acceptors (Lipinski definition) is 4. The van der Waals surface area contributed by atoms with Gasteiger partial charge in [-0.15, -0.1) is 10.2 Å². The van der Waals surface area contributed by atoms with E-state index in [1.807, 2.05) is 7.05 Å². The van der Waals surface area contributed by atoms with Crippen LogP contribution in [0.2, 0.25) is 0 Å². The first kappa shape index (κ1) is 9.58. The van der Waals surface area contributed by atoms with Crippen LogP contribution in [-0.2, 0) is 13.5 Å². The van der Waals surface area contributed by atoms with Gasteiger partial charge in [-0.1, -0.05) is 6.42 Å². The van der Waals surface area contributed by atoms with Crippen LogP contribution in [0.4, 0.5) is 0 Å². The van der Waals surface area contributed by atoms with Crippen molar-refractivity contribution in [1.29, 1.82) is 0 Å². The number of tetrazole rings is 1. The van der Waals surface area contributed by atoms with E-state index in [1.165, 1.54) is 24.1 Å². The van der Waals surface area contributed by atoms with Gasteiger partial charge in [-0.05, 0) is 37.1 Å². The summed E-state index contributed by atoms with van der Waals surface area (Å²) in [4.78, 5) is 1.53. The van der Waals surface area contributed by atoms with Gasteiger partial charge in [0.25, 0.3) is 0 Å². The summed E-state index contributed by atoms with van der Waals surface area (Å²) in [5, 5.41) is 15.5. The lowest BCUT2D eigenvalue weighted by molar-refractivity contribution is 0.466. The van der Waals surface area contributed by atoms with Gasteiger partial charge in [-0.3, -0.25) is 0 Å². The van der Waals surface area contributed by atoms with E-state index in [4.69, 9.17) is 0 Å². The van der Waals surface area contributed by atoms with Gasteiger partial charge in [0.05, 0.1) is 7.05 Å². The molecule has 1 saturated heterocycles. The topological polar surface area (TPSA) is 55.6 Å². The quantitative estimate of drug-likeness (QED) is 0.729. The highest BCUT2D eigenvalue weighted by atomic mass is 15.6. The Kier molecular flexibility index (Phi) is 3.08. The molecule has 2 heterocycles. The Morgan fingerprint density at radius 3 is 3.21 bits per heavy atom. The Labute approximate surface area is 83.9 Å². The van der Waals surface area contributed by atoms with Crippen LogP contribution in [-0.4, -0.2) is 33.3 Å². The summed E-state index contributed by atoms with van der Waals surface area (Å²) in [6, 6.07) is 0. The second-order valence-electron chi connectivity index (χ2n) is 3.97. The lowest BCUT2D eigenvalue weighted by atomic mass is 10.00. The van der Waals surface area contributed by atoms with Gasteiger partial charge in [-0.2, -0.15) is 4.80 Å².